The van der Waals surface area contributed by atoms with E-state index in [1.54, 1.807) is 11.8 Å². The Morgan fingerprint density at radius 3 is 3.18 bits per heavy atom. The zero-order chi connectivity index (χ0) is 12.1. The molecule has 0 amide bonds. The van der Waals surface area contributed by atoms with E-state index in [9.17, 15) is 4.79 Å². The maximum absolute atomic E-state index is 11.6. The fraction of sp³-hybridized carbons (Fsp3) is 0.500. The van der Waals surface area contributed by atoms with Crippen LogP contribution in [0.4, 0.5) is 0 Å². The predicted octanol–water partition coefficient (Wildman–Crippen LogP) is 2.88. The highest BCUT2D eigenvalue weighted by molar-refractivity contribution is 7.99. The van der Waals surface area contributed by atoms with Crippen LogP contribution in [-0.2, 0) is 17.6 Å². The number of Topliss-reactive ketones (excluding diaryl/α,β-unsaturated/α-hetero) is 1. The highest BCUT2D eigenvalue weighted by Gasteiger charge is 2.12. The maximum atomic E-state index is 11.6. The Morgan fingerprint density at radius 1 is 1.47 bits per heavy atom. The van der Waals surface area contributed by atoms with Crippen LogP contribution in [0.5, 0.6) is 5.75 Å². The summed E-state index contributed by atoms with van der Waals surface area (Å²) in [7, 11) is 0. The van der Waals surface area contributed by atoms with Gasteiger partial charge in [-0.05, 0) is 29.4 Å². The van der Waals surface area contributed by atoms with E-state index in [1.165, 1.54) is 11.1 Å². The van der Waals surface area contributed by atoms with Crippen LogP contribution in [0.15, 0.2) is 18.2 Å². The number of fused-ring (bicyclic) bond motifs is 1. The van der Waals surface area contributed by atoms with Gasteiger partial charge in [-0.3, -0.25) is 4.79 Å². The lowest BCUT2D eigenvalue weighted by molar-refractivity contribution is -0.116. The standard InChI is InChI=1S/C14H18O2S/c1-2-17-10-13(15)5-3-11-4-6-14-12(9-11)7-8-16-14/h4,6,9H,2-3,5,7-8,10H2,1H3. The fourth-order valence-corrected chi connectivity index (χ4v) is 2.54. The molecular formula is C14H18O2S. The Kier molecular flexibility index (Phi) is 4.49. The molecule has 2 rings (SSSR count). The van der Waals surface area contributed by atoms with Crippen molar-refractivity contribution >= 4 is 17.5 Å². The first-order chi connectivity index (χ1) is 8.29. The lowest BCUT2D eigenvalue weighted by atomic mass is 10.0. The van der Waals surface area contributed by atoms with Crippen molar-refractivity contribution in [3.63, 3.8) is 0 Å². The molecule has 0 radical (unpaired) electrons. The molecule has 0 saturated heterocycles. The Labute approximate surface area is 107 Å². The van der Waals surface area contributed by atoms with Crippen LogP contribution < -0.4 is 4.74 Å². The maximum Gasteiger partial charge on any atom is 0.143 e. The second-order valence-electron chi connectivity index (χ2n) is 4.22. The molecular weight excluding hydrogens is 232 g/mol. The average molecular weight is 250 g/mol. The number of benzene rings is 1. The van der Waals surface area contributed by atoms with Gasteiger partial charge in [-0.15, -0.1) is 0 Å². The van der Waals surface area contributed by atoms with Crippen LogP contribution in [0.25, 0.3) is 0 Å². The number of carbonyl (C=O) groups excluding carboxylic acids is 1. The molecule has 0 saturated carbocycles. The van der Waals surface area contributed by atoms with Crippen LogP contribution in [0.2, 0.25) is 0 Å². The van der Waals surface area contributed by atoms with Crippen molar-refractivity contribution in [3.05, 3.63) is 29.3 Å². The van der Waals surface area contributed by atoms with Gasteiger partial charge in [-0.1, -0.05) is 19.1 Å². The lowest BCUT2D eigenvalue weighted by Gasteiger charge is -2.04. The summed E-state index contributed by atoms with van der Waals surface area (Å²) in [6.07, 6.45) is 2.52. The summed E-state index contributed by atoms with van der Waals surface area (Å²) in [5.74, 6) is 3.04. The summed E-state index contributed by atoms with van der Waals surface area (Å²) in [5, 5.41) is 0. The number of hydrogen-bond acceptors (Lipinski definition) is 3. The van der Waals surface area contributed by atoms with E-state index in [2.05, 4.69) is 19.1 Å². The van der Waals surface area contributed by atoms with Crippen LogP contribution >= 0.6 is 11.8 Å². The largest absolute Gasteiger partial charge is 0.493 e. The van der Waals surface area contributed by atoms with Gasteiger partial charge in [0.15, 0.2) is 0 Å². The summed E-state index contributed by atoms with van der Waals surface area (Å²) in [5.41, 5.74) is 2.54. The van der Waals surface area contributed by atoms with Gasteiger partial charge in [-0.25, -0.2) is 0 Å². The van der Waals surface area contributed by atoms with Crippen LogP contribution in [0, 0.1) is 0 Å². The summed E-state index contributed by atoms with van der Waals surface area (Å²) >= 11 is 1.70. The number of hydrogen-bond donors (Lipinski definition) is 0. The van der Waals surface area contributed by atoms with E-state index in [4.69, 9.17) is 4.74 Å². The molecule has 1 aromatic rings. The van der Waals surface area contributed by atoms with Gasteiger partial charge in [0, 0.05) is 12.8 Å². The van der Waals surface area contributed by atoms with E-state index in [-0.39, 0.29) is 0 Å². The van der Waals surface area contributed by atoms with Crippen molar-refractivity contribution in [1.29, 1.82) is 0 Å². The van der Waals surface area contributed by atoms with E-state index in [0.29, 0.717) is 18.0 Å². The molecule has 1 heterocycles. The molecule has 1 aliphatic heterocycles. The number of ether oxygens (including phenoxy) is 1. The zero-order valence-electron chi connectivity index (χ0n) is 10.2. The molecule has 2 nitrogen and oxygen atoms in total. The van der Waals surface area contributed by atoms with Gasteiger partial charge in [0.1, 0.15) is 11.5 Å². The highest BCUT2D eigenvalue weighted by atomic mass is 32.2. The minimum Gasteiger partial charge on any atom is -0.493 e. The van der Waals surface area contributed by atoms with E-state index >= 15 is 0 Å². The first-order valence-corrected chi connectivity index (χ1v) is 7.29. The van der Waals surface area contributed by atoms with Crippen LogP contribution in [0.1, 0.15) is 24.5 Å². The summed E-state index contributed by atoms with van der Waals surface area (Å²) < 4.78 is 5.46. The fourth-order valence-electron chi connectivity index (χ4n) is 1.97. The zero-order valence-corrected chi connectivity index (χ0v) is 11.0. The lowest BCUT2D eigenvalue weighted by Crippen LogP contribution is -2.03. The summed E-state index contributed by atoms with van der Waals surface area (Å²) in [6.45, 7) is 2.88. The van der Waals surface area contributed by atoms with Crippen molar-refractivity contribution in [2.75, 3.05) is 18.1 Å². The monoisotopic (exact) mass is 250 g/mol. The van der Waals surface area contributed by atoms with Crippen molar-refractivity contribution in [2.24, 2.45) is 0 Å². The molecule has 0 atom stereocenters. The van der Waals surface area contributed by atoms with Gasteiger partial charge in [0.2, 0.25) is 0 Å². The first-order valence-electron chi connectivity index (χ1n) is 6.13. The average Bonchev–Trinajstić information content (AvgIpc) is 2.81. The third kappa shape index (κ3) is 3.50. The van der Waals surface area contributed by atoms with Gasteiger partial charge < -0.3 is 4.74 Å². The molecule has 17 heavy (non-hydrogen) atoms. The molecule has 0 unspecified atom stereocenters. The van der Waals surface area contributed by atoms with E-state index in [1.807, 2.05) is 6.07 Å². The van der Waals surface area contributed by atoms with E-state index < -0.39 is 0 Å². The Morgan fingerprint density at radius 2 is 2.35 bits per heavy atom. The normalized spacial score (nSPS) is 13.2. The van der Waals surface area contributed by atoms with Gasteiger partial charge in [0.25, 0.3) is 0 Å². The quantitative estimate of drug-likeness (QED) is 0.776. The molecule has 0 aromatic heterocycles. The first kappa shape index (κ1) is 12.5. The molecule has 0 N–H and O–H groups in total. The molecule has 0 bridgehead atoms. The Bertz CT molecular complexity index is 401. The SMILES string of the molecule is CCSCC(=O)CCc1ccc2c(c1)CCO2. The van der Waals surface area contributed by atoms with Crippen molar-refractivity contribution in [2.45, 2.75) is 26.2 Å². The van der Waals surface area contributed by atoms with E-state index in [0.717, 1.165) is 31.0 Å². The molecule has 0 fully saturated rings. The number of ketones is 1. The van der Waals surface area contributed by atoms with Gasteiger partial charge in [-0.2, -0.15) is 11.8 Å². The smallest absolute Gasteiger partial charge is 0.143 e. The topological polar surface area (TPSA) is 26.3 Å². The van der Waals surface area contributed by atoms with Gasteiger partial charge >= 0.3 is 0 Å². The second-order valence-corrected chi connectivity index (χ2v) is 5.49. The van der Waals surface area contributed by atoms with Gasteiger partial charge in [0.05, 0.1) is 12.4 Å². The molecule has 0 spiro atoms. The van der Waals surface area contributed by atoms with Crippen molar-refractivity contribution < 1.29 is 9.53 Å². The van der Waals surface area contributed by atoms with Crippen molar-refractivity contribution in [1.82, 2.24) is 0 Å². The third-order valence-corrected chi connectivity index (χ3v) is 3.85. The highest BCUT2D eigenvalue weighted by Crippen LogP contribution is 2.26. The minimum atomic E-state index is 0.355. The molecule has 1 aliphatic rings. The Balaban J connectivity index is 1.85. The van der Waals surface area contributed by atoms with Crippen LogP contribution in [0.3, 0.4) is 0 Å². The Hall–Kier alpha value is -0.960. The summed E-state index contributed by atoms with van der Waals surface area (Å²) in [6, 6.07) is 6.29. The molecule has 3 heteroatoms. The predicted molar refractivity (Wildman–Crippen MR) is 72.0 cm³/mol. The number of thioether (sulfide) groups is 1. The second kappa shape index (κ2) is 6.10. The molecule has 92 valence electrons. The number of carbonyl (C=O) groups is 1. The van der Waals surface area contributed by atoms with Crippen molar-refractivity contribution in [3.8, 4) is 5.75 Å². The molecule has 0 aliphatic carbocycles. The number of aryl methyl sites for hydroxylation is 1. The minimum absolute atomic E-state index is 0.355. The number of rotatable bonds is 6. The third-order valence-electron chi connectivity index (χ3n) is 2.91. The van der Waals surface area contributed by atoms with Crippen LogP contribution in [-0.4, -0.2) is 23.9 Å². The summed E-state index contributed by atoms with van der Waals surface area (Å²) in [4.78, 5) is 11.6. The molecule has 1 aromatic carbocycles.